The minimum atomic E-state index is -0.175. The van der Waals surface area contributed by atoms with Crippen molar-refractivity contribution in [1.82, 2.24) is 10.4 Å². The second-order valence-corrected chi connectivity index (χ2v) is 7.84. The highest BCUT2D eigenvalue weighted by Crippen LogP contribution is 2.41. The molecular formula is C23H25ClN4O2. The van der Waals surface area contributed by atoms with Gasteiger partial charge in [0.1, 0.15) is 11.5 Å². The Morgan fingerprint density at radius 3 is 2.60 bits per heavy atom. The lowest BCUT2D eigenvalue weighted by atomic mass is 9.91. The smallest absolute Gasteiger partial charge is 0.282 e. The van der Waals surface area contributed by atoms with Gasteiger partial charge in [0.15, 0.2) is 0 Å². The normalized spacial score (nSPS) is 21.4. The number of benzene rings is 2. The molecule has 6 nitrogen and oxygen atoms in total. The minimum Gasteiger partial charge on any atom is -0.497 e. The molecule has 2 aromatic carbocycles. The molecule has 156 valence electrons. The van der Waals surface area contributed by atoms with Crippen LogP contribution in [0.5, 0.6) is 5.75 Å². The Kier molecular flexibility index (Phi) is 6.06. The predicted molar refractivity (Wildman–Crippen MR) is 120 cm³/mol. The molecule has 0 spiro atoms. The van der Waals surface area contributed by atoms with Gasteiger partial charge in [0.2, 0.25) is 0 Å². The zero-order valence-electron chi connectivity index (χ0n) is 17.1. The van der Waals surface area contributed by atoms with E-state index in [4.69, 9.17) is 21.4 Å². The van der Waals surface area contributed by atoms with E-state index in [1.165, 1.54) is 0 Å². The molecule has 2 heterocycles. The van der Waals surface area contributed by atoms with Crippen LogP contribution in [-0.2, 0) is 4.79 Å². The number of methoxy groups -OCH3 is 1. The van der Waals surface area contributed by atoms with E-state index in [0.29, 0.717) is 17.3 Å². The van der Waals surface area contributed by atoms with Crippen LogP contribution < -0.4 is 15.2 Å². The van der Waals surface area contributed by atoms with E-state index in [0.717, 1.165) is 30.0 Å². The third-order valence-corrected chi connectivity index (χ3v) is 5.81. The monoisotopic (exact) mass is 424 g/mol. The van der Waals surface area contributed by atoms with Crippen LogP contribution in [0.25, 0.3) is 0 Å². The summed E-state index contributed by atoms with van der Waals surface area (Å²) in [6.45, 7) is 3.52. The van der Waals surface area contributed by atoms with Gasteiger partial charge in [0.05, 0.1) is 23.9 Å². The Morgan fingerprint density at radius 1 is 1.17 bits per heavy atom. The Bertz CT molecular complexity index is 973. The second-order valence-electron chi connectivity index (χ2n) is 7.43. The first-order valence-electron chi connectivity index (χ1n) is 10.1. The van der Waals surface area contributed by atoms with Crippen molar-refractivity contribution in [3.8, 4) is 5.75 Å². The Hall–Kier alpha value is -2.83. The molecule has 2 aromatic rings. The molecule has 4 rings (SSSR count). The maximum Gasteiger partial charge on any atom is 0.282 e. The zero-order chi connectivity index (χ0) is 21.1. The lowest BCUT2D eigenvalue weighted by Crippen LogP contribution is -2.47. The number of hydrogen-bond donors (Lipinski definition) is 1. The van der Waals surface area contributed by atoms with Crippen molar-refractivity contribution in [3.05, 3.63) is 71.3 Å². The highest BCUT2D eigenvalue weighted by Gasteiger charge is 2.40. The molecule has 30 heavy (non-hydrogen) atoms. The summed E-state index contributed by atoms with van der Waals surface area (Å²) in [5, 5.41) is 9.11. The third kappa shape index (κ3) is 4.06. The number of carbonyl (C=O) groups excluding carboxylic acids is 1. The van der Waals surface area contributed by atoms with Gasteiger partial charge < -0.3 is 4.74 Å². The van der Waals surface area contributed by atoms with Crippen LogP contribution in [-0.4, -0.2) is 36.8 Å². The SMILES string of the molecule is COc1ccc(C2C(C)C(C(=O)NN3CC=CCC3)=NN2c2ccccc2Cl)cc1. The molecule has 7 heteroatoms. The topological polar surface area (TPSA) is 57.2 Å². The van der Waals surface area contributed by atoms with Crippen molar-refractivity contribution in [2.75, 3.05) is 25.2 Å². The lowest BCUT2D eigenvalue weighted by molar-refractivity contribution is -0.119. The number of hydrogen-bond acceptors (Lipinski definition) is 5. The molecule has 2 atom stereocenters. The van der Waals surface area contributed by atoms with Gasteiger partial charge >= 0.3 is 0 Å². The zero-order valence-corrected chi connectivity index (χ0v) is 17.8. The summed E-state index contributed by atoms with van der Waals surface area (Å²) in [6, 6.07) is 15.3. The number of hydrazine groups is 1. The van der Waals surface area contributed by atoms with Crippen LogP contribution in [0.2, 0.25) is 5.02 Å². The fraction of sp³-hybridized carbons (Fsp3) is 0.304. The molecule has 0 fully saturated rings. The largest absolute Gasteiger partial charge is 0.497 e. The highest BCUT2D eigenvalue weighted by molar-refractivity contribution is 6.40. The average molecular weight is 425 g/mol. The van der Waals surface area contributed by atoms with Gasteiger partial charge in [-0.25, -0.2) is 5.01 Å². The standard InChI is InChI=1S/C23H25ClN4O2/c1-16-21(23(29)26-27-14-6-3-7-15-27)25-28(20-9-5-4-8-19(20)24)22(16)17-10-12-18(30-2)13-11-17/h3-6,8-13,16,22H,7,14-15H2,1-2H3,(H,26,29). The van der Waals surface area contributed by atoms with Gasteiger partial charge in [-0.1, -0.05) is 54.9 Å². The van der Waals surface area contributed by atoms with Crippen molar-refractivity contribution in [2.45, 2.75) is 19.4 Å². The van der Waals surface area contributed by atoms with Crippen molar-refractivity contribution in [3.63, 3.8) is 0 Å². The fourth-order valence-electron chi connectivity index (χ4n) is 3.90. The number of nitrogens with one attached hydrogen (secondary N) is 1. The number of halogens is 1. The van der Waals surface area contributed by atoms with Crippen molar-refractivity contribution >= 4 is 28.9 Å². The number of nitrogens with zero attached hydrogens (tertiary/aromatic N) is 3. The van der Waals surface area contributed by atoms with Gasteiger partial charge in [-0.05, 0) is 36.2 Å². The molecule has 1 N–H and O–H groups in total. The number of amides is 1. The number of ether oxygens (including phenoxy) is 1. The fourth-order valence-corrected chi connectivity index (χ4v) is 4.12. The first kappa shape index (κ1) is 20.4. The minimum absolute atomic E-state index is 0.130. The number of para-hydroxylation sites is 1. The van der Waals surface area contributed by atoms with Crippen molar-refractivity contribution in [1.29, 1.82) is 0 Å². The second kappa shape index (κ2) is 8.90. The molecule has 2 unspecified atom stereocenters. The molecule has 0 bridgehead atoms. The van der Waals surface area contributed by atoms with E-state index in [1.807, 2.05) is 65.5 Å². The number of rotatable bonds is 5. The Labute approximate surface area is 181 Å². The van der Waals surface area contributed by atoms with Crippen LogP contribution >= 0.6 is 11.6 Å². The maximum atomic E-state index is 13.1. The first-order valence-corrected chi connectivity index (χ1v) is 10.4. The van der Waals surface area contributed by atoms with Crippen LogP contribution in [0.15, 0.2) is 65.8 Å². The van der Waals surface area contributed by atoms with Gasteiger partial charge in [0, 0.05) is 19.0 Å². The Morgan fingerprint density at radius 2 is 1.93 bits per heavy atom. The van der Waals surface area contributed by atoms with E-state index in [-0.39, 0.29) is 17.9 Å². The summed E-state index contributed by atoms with van der Waals surface area (Å²) in [5.74, 6) is 0.478. The molecule has 0 saturated heterocycles. The molecule has 0 aromatic heterocycles. The van der Waals surface area contributed by atoms with Crippen LogP contribution in [0.3, 0.4) is 0 Å². The molecule has 2 aliphatic heterocycles. The van der Waals surface area contributed by atoms with E-state index in [1.54, 1.807) is 7.11 Å². The van der Waals surface area contributed by atoms with E-state index >= 15 is 0 Å². The summed E-state index contributed by atoms with van der Waals surface area (Å²) in [4.78, 5) is 13.1. The number of carbonyl (C=O) groups is 1. The lowest BCUT2D eigenvalue weighted by Gasteiger charge is -2.28. The summed E-state index contributed by atoms with van der Waals surface area (Å²) in [6.07, 6.45) is 5.10. The van der Waals surface area contributed by atoms with E-state index in [9.17, 15) is 4.79 Å². The average Bonchev–Trinajstić information content (AvgIpc) is 3.12. The Balaban J connectivity index is 1.67. The predicted octanol–water partition coefficient (Wildman–Crippen LogP) is 4.20. The quantitative estimate of drug-likeness (QED) is 0.731. The van der Waals surface area contributed by atoms with Gasteiger partial charge in [-0.2, -0.15) is 5.10 Å². The van der Waals surface area contributed by atoms with E-state index in [2.05, 4.69) is 17.6 Å². The van der Waals surface area contributed by atoms with Crippen LogP contribution in [0, 0.1) is 5.92 Å². The van der Waals surface area contributed by atoms with Gasteiger partial charge in [0.25, 0.3) is 5.91 Å². The molecule has 0 radical (unpaired) electrons. The molecule has 0 saturated carbocycles. The van der Waals surface area contributed by atoms with Crippen molar-refractivity contribution < 1.29 is 9.53 Å². The van der Waals surface area contributed by atoms with Gasteiger partial charge in [-0.15, -0.1) is 0 Å². The number of anilines is 1. The molecule has 0 aliphatic carbocycles. The maximum absolute atomic E-state index is 13.1. The highest BCUT2D eigenvalue weighted by atomic mass is 35.5. The summed E-state index contributed by atoms with van der Waals surface area (Å²) in [7, 11) is 1.64. The van der Waals surface area contributed by atoms with Gasteiger partial charge in [-0.3, -0.25) is 15.2 Å². The molecule has 1 amide bonds. The third-order valence-electron chi connectivity index (χ3n) is 5.49. The van der Waals surface area contributed by atoms with E-state index < -0.39 is 0 Å². The summed E-state index contributed by atoms with van der Waals surface area (Å²) in [5.41, 5.74) is 5.30. The first-order chi connectivity index (χ1) is 14.6. The van der Waals surface area contributed by atoms with Crippen molar-refractivity contribution in [2.24, 2.45) is 11.0 Å². The molecule has 2 aliphatic rings. The summed E-state index contributed by atoms with van der Waals surface area (Å²) >= 11 is 6.49. The van der Waals surface area contributed by atoms with Crippen LogP contribution in [0.1, 0.15) is 24.9 Å². The number of hydrazone groups is 1. The van der Waals surface area contributed by atoms with Crippen LogP contribution in [0.4, 0.5) is 5.69 Å². The summed E-state index contributed by atoms with van der Waals surface area (Å²) < 4.78 is 5.29. The molecular weight excluding hydrogens is 400 g/mol.